The molecule has 0 saturated heterocycles. The van der Waals surface area contributed by atoms with Gasteiger partial charge in [0.25, 0.3) is 5.91 Å². The van der Waals surface area contributed by atoms with Crippen LogP contribution < -0.4 is 15.7 Å². The Hall–Kier alpha value is -2.83. The van der Waals surface area contributed by atoms with Gasteiger partial charge in [-0.3, -0.25) is 4.79 Å². The second-order valence-corrected chi connectivity index (χ2v) is 7.03. The monoisotopic (exact) mass is 389 g/mol. The first kappa shape index (κ1) is 21.5. The molecular weight excluding hydrogens is 362 g/mol. The zero-order valence-electron chi connectivity index (χ0n) is 16.7. The molecule has 2 aromatic rings. The Morgan fingerprint density at radius 1 is 1.25 bits per heavy atom. The van der Waals surface area contributed by atoms with Crippen LogP contribution in [-0.4, -0.2) is 29.6 Å². The van der Waals surface area contributed by atoms with Gasteiger partial charge in [0, 0.05) is 6.07 Å². The molecule has 1 heterocycles. The molecule has 0 fully saturated rings. The number of carboxylic acids is 1. The minimum Gasteiger partial charge on any atom is -0.483 e. The molecule has 1 amide bonds. The summed E-state index contributed by atoms with van der Waals surface area (Å²) in [5.41, 5.74) is 1.60. The molecule has 152 valence electrons. The lowest BCUT2D eigenvalue weighted by atomic mass is 9.99. The average Bonchev–Trinajstić information content (AvgIpc) is 2.62. The summed E-state index contributed by atoms with van der Waals surface area (Å²) >= 11 is 0. The molecule has 1 aromatic carbocycles. The first-order valence-corrected chi connectivity index (χ1v) is 9.49. The molecule has 2 N–H and O–H groups in total. The van der Waals surface area contributed by atoms with Crippen LogP contribution in [0, 0.1) is 12.8 Å². The van der Waals surface area contributed by atoms with Crippen molar-refractivity contribution in [2.24, 2.45) is 5.92 Å². The Morgan fingerprint density at radius 3 is 2.57 bits per heavy atom. The van der Waals surface area contributed by atoms with E-state index in [9.17, 15) is 19.5 Å². The fourth-order valence-electron chi connectivity index (χ4n) is 3.09. The number of benzene rings is 1. The molecule has 28 heavy (non-hydrogen) atoms. The molecule has 2 rings (SSSR count). The summed E-state index contributed by atoms with van der Waals surface area (Å²) in [7, 11) is 0. The number of ether oxygens (including phenoxy) is 1. The minimum atomic E-state index is -1.07. The average molecular weight is 389 g/mol. The van der Waals surface area contributed by atoms with E-state index in [1.807, 2.05) is 20.8 Å². The van der Waals surface area contributed by atoms with Gasteiger partial charge in [-0.1, -0.05) is 33.6 Å². The highest BCUT2D eigenvalue weighted by atomic mass is 16.5. The van der Waals surface area contributed by atoms with Gasteiger partial charge in [-0.15, -0.1) is 0 Å². The van der Waals surface area contributed by atoms with Gasteiger partial charge in [0.1, 0.15) is 17.4 Å². The summed E-state index contributed by atoms with van der Waals surface area (Å²) in [4.78, 5) is 35.5. The molecule has 7 heteroatoms. The van der Waals surface area contributed by atoms with Gasteiger partial charge in [-0.2, -0.15) is 0 Å². The van der Waals surface area contributed by atoms with Gasteiger partial charge in [-0.05, 0) is 42.5 Å². The summed E-state index contributed by atoms with van der Waals surface area (Å²) in [5.74, 6) is -1.35. The van der Waals surface area contributed by atoms with Crippen molar-refractivity contribution in [3.8, 4) is 5.75 Å². The molecule has 0 aliphatic heterocycles. The van der Waals surface area contributed by atoms with Crippen molar-refractivity contribution in [1.29, 1.82) is 0 Å². The second-order valence-electron chi connectivity index (χ2n) is 7.03. The summed E-state index contributed by atoms with van der Waals surface area (Å²) in [6.45, 7) is 7.15. The number of hydrogen-bond donors (Lipinski definition) is 2. The highest BCUT2D eigenvalue weighted by molar-refractivity contribution is 5.89. The minimum absolute atomic E-state index is 0.202. The molecule has 7 nitrogen and oxygen atoms in total. The predicted octanol–water partition coefficient (Wildman–Crippen LogP) is 3.05. The molecule has 0 saturated carbocycles. The Kier molecular flexibility index (Phi) is 7.20. The summed E-state index contributed by atoms with van der Waals surface area (Å²) in [6, 6.07) is 4.01. The van der Waals surface area contributed by atoms with Crippen LogP contribution in [0.3, 0.4) is 0 Å². The summed E-state index contributed by atoms with van der Waals surface area (Å²) in [6.07, 6.45) is 2.13. The first-order valence-electron chi connectivity index (χ1n) is 9.49. The van der Waals surface area contributed by atoms with Gasteiger partial charge in [0.2, 0.25) is 0 Å². The van der Waals surface area contributed by atoms with Crippen LogP contribution in [0.2, 0.25) is 0 Å². The predicted molar refractivity (Wildman–Crippen MR) is 106 cm³/mol. The van der Waals surface area contributed by atoms with E-state index in [1.54, 1.807) is 19.1 Å². The first-order chi connectivity index (χ1) is 13.3. The van der Waals surface area contributed by atoms with Crippen molar-refractivity contribution in [2.75, 3.05) is 6.61 Å². The quantitative estimate of drug-likeness (QED) is 0.639. The fourth-order valence-corrected chi connectivity index (χ4v) is 3.09. The van der Waals surface area contributed by atoms with Crippen molar-refractivity contribution in [1.82, 2.24) is 5.32 Å². The van der Waals surface area contributed by atoms with Crippen LogP contribution >= 0.6 is 0 Å². The molecule has 0 aliphatic rings. The summed E-state index contributed by atoms with van der Waals surface area (Å²) < 4.78 is 11.0. The van der Waals surface area contributed by atoms with Gasteiger partial charge in [0.15, 0.2) is 6.61 Å². The lowest BCUT2D eigenvalue weighted by molar-refractivity contribution is -0.143. The van der Waals surface area contributed by atoms with Crippen molar-refractivity contribution >= 4 is 22.8 Å². The van der Waals surface area contributed by atoms with E-state index in [-0.39, 0.29) is 12.5 Å². The van der Waals surface area contributed by atoms with Gasteiger partial charge >= 0.3 is 11.6 Å². The summed E-state index contributed by atoms with van der Waals surface area (Å²) in [5, 5.41) is 12.5. The van der Waals surface area contributed by atoms with Crippen LogP contribution in [0.1, 0.15) is 44.7 Å². The van der Waals surface area contributed by atoms with Crippen molar-refractivity contribution in [3.05, 3.63) is 39.7 Å². The van der Waals surface area contributed by atoms with Gasteiger partial charge < -0.3 is 19.6 Å². The Morgan fingerprint density at radius 2 is 1.96 bits per heavy atom. The number of carbonyl (C=O) groups is 2. The fraction of sp³-hybridized carbons (Fsp3) is 0.476. The van der Waals surface area contributed by atoms with Crippen molar-refractivity contribution in [2.45, 2.75) is 53.0 Å². The number of hydrogen-bond acceptors (Lipinski definition) is 5. The largest absolute Gasteiger partial charge is 0.483 e. The van der Waals surface area contributed by atoms with Gasteiger partial charge in [0.05, 0.1) is 5.39 Å². The standard InChI is InChI=1S/C21H27NO6/c1-5-7-14-10-18(24)28-16-9-12(3)8-15(19(14)16)27-11-17(23)22-20(21(25)26)13(4)6-2/h8-10,13,20H,5-7,11H2,1-4H3,(H,22,23)(H,25,26)/t13-,20-/m0/s1. The zero-order valence-corrected chi connectivity index (χ0v) is 16.7. The maximum absolute atomic E-state index is 12.3. The van der Waals surface area contributed by atoms with Crippen LogP contribution in [0.25, 0.3) is 11.0 Å². The maximum Gasteiger partial charge on any atom is 0.336 e. The number of amides is 1. The third kappa shape index (κ3) is 5.12. The van der Waals surface area contributed by atoms with Crippen molar-refractivity contribution < 1.29 is 23.8 Å². The molecule has 0 spiro atoms. The maximum atomic E-state index is 12.3. The molecule has 0 radical (unpaired) electrons. The van der Waals surface area contributed by atoms with E-state index < -0.39 is 23.5 Å². The number of rotatable bonds is 9. The highest BCUT2D eigenvalue weighted by Crippen LogP contribution is 2.30. The number of aliphatic carboxylic acids is 1. The second kappa shape index (κ2) is 9.39. The molecule has 1 aromatic heterocycles. The number of carboxylic acid groups (broad SMARTS) is 1. The van der Waals surface area contributed by atoms with E-state index in [2.05, 4.69) is 5.32 Å². The van der Waals surface area contributed by atoms with E-state index in [0.29, 0.717) is 29.6 Å². The number of nitrogens with one attached hydrogen (secondary N) is 1. The molecular formula is C21H27NO6. The van der Waals surface area contributed by atoms with Crippen molar-refractivity contribution in [3.63, 3.8) is 0 Å². The number of fused-ring (bicyclic) bond motifs is 1. The SMILES string of the molecule is CCCc1cc(=O)oc2cc(C)cc(OCC(=O)N[C@H](C(=O)O)[C@@H](C)CC)c12. The molecule has 2 atom stereocenters. The topological polar surface area (TPSA) is 106 Å². The molecule has 0 unspecified atom stereocenters. The van der Waals surface area contributed by atoms with Crippen LogP contribution in [0.4, 0.5) is 0 Å². The third-order valence-corrected chi connectivity index (χ3v) is 4.71. The molecule has 0 aliphatic carbocycles. The number of carbonyl (C=O) groups excluding carboxylic acids is 1. The smallest absolute Gasteiger partial charge is 0.336 e. The van der Waals surface area contributed by atoms with E-state index in [0.717, 1.165) is 17.5 Å². The van der Waals surface area contributed by atoms with Gasteiger partial charge in [-0.25, -0.2) is 9.59 Å². The van der Waals surface area contributed by atoms with E-state index in [1.165, 1.54) is 6.07 Å². The van der Waals surface area contributed by atoms with E-state index >= 15 is 0 Å². The highest BCUT2D eigenvalue weighted by Gasteiger charge is 2.25. The Balaban J connectivity index is 2.27. The van der Waals surface area contributed by atoms with Crippen LogP contribution in [-0.2, 0) is 16.0 Å². The lowest BCUT2D eigenvalue weighted by Crippen LogP contribution is -2.46. The molecule has 0 bridgehead atoms. The van der Waals surface area contributed by atoms with E-state index in [4.69, 9.17) is 9.15 Å². The Bertz CT molecular complexity index is 917. The lowest BCUT2D eigenvalue weighted by Gasteiger charge is -2.20. The number of aryl methyl sites for hydroxylation is 2. The zero-order chi connectivity index (χ0) is 20.8. The third-order valence-electron chi connectivity index (χ3n) is 4.71. The normalized spacial score (nSPS) is 13.1. The van der Waals surface area contributed by atoms with Crippen LogP contribution in [0.15, 0.2) is 27.4 Å². The Labute approximate surface area is 163 Å². The van der Waals surface area contributed by atoms with Crippen LogP contribution in [0.5, 0.6) is 5.75 Å².